The molecule has 0 bridgehead atoms. The Morgan fingerprint density at radius 3 is 2.58 bits per heavy atom. The van der Waals surface area contributed by atoms with Crippen molar-refractivity contribution in [3.63, 3.8) is 0 Å². The van der Waals surface area contributed by atoms with E-state index in [0.717, 1.165) is 29.5 Å². The van der Waals surface area contributed by atoms with Crippen molar-refractivity contribution < 1.29 is 0 Å². The number of likely N-dealkylation sites (tertiary alicyclic amines) is 1. The molecule has 0 radical (unpaired) electrons. The van der Waals surface area contributed by atoms with Gasteiger partial charge in [-0.15, -0.1) is 0 Å². The molecule has 4 nitrogen and oxygen atoms in total. The number of nitrogens with one attached hydrogen (secondary N) is 1. The van der Waals surface area contributed by atoms with E-state index in [1.54, 1.807) is 0 Å². The molecule has 1 saturated heterocycles. The lowest BCUT2D eigenvalue weighted by Gasteiger charge is -2.29. The summed E-state index contributed by atoms with van der Waals surface area (Å²) in [4.78, 5) is 2.55. The second kappa shape index (κ2) is 6.73. The van der Waals surface area contributed by atoms with Crippen molar-refractivity contribution >= 4 is 11.6 Å². The number of aromatic nitrogens is 2. The maximum absolute atomic E-state index is 6.26. The van der Waals surface area contributed by atoms with Crippen LogP contribution in [-0.4, -0.2) is 40.4 Å². The van der Waals surface area contributed by atoms with Crippen LogP contribution in [0.15, 0.2) is 0 Å². The fraction of sp³-hybridized carbons (Fsp3) is 0.786. The fourth-order valence-corrected chi connectivity index (χ4v) is 2.96. The van der Waals surface area contributed by atoms with Gasteiger partial charge in [0.05, 0.1) is 16.4 Å². The first-order chi connectivity index (χ1) is 9.08. The number of nitrogens with zero attached hydrogens (tertiary/aromatic N) is 3. The van der Waals surface area contributed by atoms with Crippen LogP contribution < -0.4 is 5.32 Å². The van der Waals surface area contributed by atoms with Crippen LogP contribution in [0.4, 0.5) is 0 Å². The van der Waals surface area contributed by atoms with Crippen LogP contribution >= 0.6 is 11.6 Å². The number of halogens is 1. The third-order valence-corrected chi connectivity index (χ3v) is 4.35. The van der Waals surface area contributed by atoms with Gasteiger partial charge in [-0.25, -0.2) is 0 Å². The third kappa shape index (κ3) is 3.94. The molecule has 0 spiro atoms. The molecular formula is C14H25ClN4. The van der Waals surface area contributed by atoms with E-state index in [1.165, 1.54) is 32.4 Å². The number of hydrogen-bond acceptors (Lipinski definition) is 3. The van der Waals surface area contributed by atoms with Crippen LogP contribution in [0.5, 0.6) is 0 Å². The molecule has 1 aliphatic heterocycles. The Hall–Kier alpha value is -0.580. The molecule has 1 N–H and O–H groups in total. The van der Waals surface area contributed by atoms with Gasteiger partial charge in [-0.1, -0.05) is 18.0 Å². The molecule has 108 valence electrons. The standard InChI is InChI=1S/C14H25ClN4/c1-11(10-19-7-5-4-6-8-19)16-9-13-14(15)12(2)17-18(13)3/h11,16H,4-10H2,1-3H3. The molecule has 0 saturated carbocycles. The van der Waals surface area contributed by atoms with E-state index < -0.39 is 0 Å². The van der Waals surface area contributed by atoms with E-state index in [9.17, 15) is 0 Å². The normalized spacial score (nSPS) is 18.7. The molecule has 2 heterocycles. The van der Waals surface area contributed by atoms with Gasteiger partial charge >= 0.3 is 0 Å². The monoisotopic (exact) mass is 284 g/mol. The first kappa shape index (κ1) is 14.8. The van der Waals surface area contributed by atoms with Gasteiger partial charge in [0.25, 0.3) is 0 Å². The van der Waals surface area contributed by atoms with Crippen LogP contribution in [0, 0.1) is 6.92 Å². The summed E-state index contributed by atoms with van der Waals surface area (Å²) < 4.78 is 1.87. The molecule has 0 amide bonds. The van der Waals surface area contributed by atoms with Crippen molar-refractivity contribution in [2.45, 2.75) is 45.7 Å². The highest BCUT2D eigenvalue weighted by molar-refractivity contribution is 6.31. The van der Waals surface area contributed by atoms with Gasteiger partial charge in [-0.2, -0.15) is 5.10 Å². The Labute approximate surface area is 121 Å². The molecule has 1 atom stereocenters. The van der Waals surface area contributed by atoms with E-state index in [-0.39, 0.29) is 0 Å². The predicted octanol–water partition coefficient (Wildman–Crippen LogP) is 2.35. The second-order valence-electron chi connectivity index (χ2n) is 5.61. The van der Waals surface area contributed by atoms with E-state index in [4.69, 9.17) is 11.6 Å². The average Bonchev–Trinajstić information content (AvgIpc) is 2.62. The highest BCUT2D eigenvalue weighted by Crippen LogP contribution is 2.19. The van der Waals surface area contributed by atoms with Crippen molar-refractivity contribution in [3.05, 3.63) is 16.4 Å². The lowest BCUT2D eigenvalue weighted by Crippen LogP contribution is -2.41. The fourth-order valence-electron chi connectivity index (χ4n) is 2.74. The van der Waals surface area contributed by atoms with E-state index in [1.807, 2.05) is 18.7 Å². The highest BCUT2D eigenvalue weighted by atomic mass is 35.5. The van der Waals surface area contributed by atoms with Crippen LogP contribution in [0.3, 0.4) is 0 Å². The lowest BCUT2D eigenvalue weighted by molar-refractivity contribution is 0.208. The minimum absolute atomic E-state index is 0.476. The predicted molar refractivity (Wildman–Crippen MR) is 79.5 cm³/mol. The van der Waals surface area contributed by atoms with Crippen molar-refractivity contribution in [2.75, 3.05) is 19.6 Å². The summed E-state index contributed by atoms with van der Waals surface area (Å²) in [6.07, 6.45) is 4.08. The zero-order valence-electron chi connectivity index (χ0n) is 12.2. The molecule has 0 aromatic carbocycles. The van der Waals surface area contributed by atoms with Gasteiger partial charge < -0.3 is 10.2 Å². The van der Waals surface area contributed by atoms with Gasteiger partial charge in [0, 0.05) is 26.2 Å². The van der Waals surface area contributed by atoms with Crippen LogP contribution in [0.25, 0.3) is 0 Å². The highest BCUT2D eigenvalue weighted by Gasteiger charge is 2.15. The summed E-state index contributed by atoms with van der Waals surface area (Å²) in [5.74, 6) is 0. The van der Waals surface area contributed by atoms with Crippen molar-refractivity contribution in [3.8, 4) is 0 Å². The smallest absolute Gasteiger partial charge is 0.0860 e. The second-order valence-corrected chi connectivity index (χ2v) is 5.99. The number of hydrogen-bond donors (Lipinski definition) is 1. The largest absolute Gasteiger partial charge is 0.307 e. The Morgan fingerprint density at radius 1 is 1.32 bits per heavy atom. The Balaban J connectivity index is 1.80. The number of piperidine rings is 1. The molecule has 1 aromatic rings. The summed E-state index contributed by atoms with van der Waals surface area (Å²) in [7, 11) is 1.95. The molecule has 2 rings (SSSR count). The van der Waals surface area contributed by atoms with Crippen LogP contribution in [0.1, 0.15) is 37.6 Å². The van der Waals surface area contributed by atoms with Crippen molar-refractivity contribution in [2.24, 2.45) is 7.05 Å². The van der Waals surface area contributed by atoms with E-state index in [0.29, 0.717) is 6.04 Å². The maximum atomic E-state index is 6.26. The Kier molecular flexibility index (Phi) is 5.25. The third-order valence-electron chi connectivity index (χ3n) is 3.86. The van der Waals surface area contributed by atoms with Crippen molar-refractivity contribution in [1.82, 2.24) is 20.0 Å². The van der Waals surface area contributed by atoms with Crippen LogP contribution in [-0.2, 0) is 13.6 Å². The molecule has 1 fully saturated rings. The summed E-state index contributed by atoms with van der Waals surface area (Å²) in [5, 5.41) is 8.68. The molecule has 19 heavy (non-hydrogen) atoms. The molecule has 1 aromatic heterocycles. The summed E-state index contributed by atoms with van der Waals surface area (Å²) in [5.41, 5.74) is 1.98. The first-order valence-electron chi connectivity index (χ1n) is 7.21. The zero-order chi connectivity index (χ0) is 13.8. The Bertz CT molecular complexity index is 410. The van der Waals surface area contributed by atoms with Gasteiger partial charge in [-0.3, -0.25) is 4.68 Å². The van der Waals surface area contributed by atoms with E-state index >= 15 is 0 Å². The minimum Gasteiger partial charge on any atom is -0.307 e. The minimum atomic E-state index is 0.476. The van der Waals surface area contributed by atoms with Gasteiger partial charge in [0.2, 0.25) is 0 Å². The first-order valence-corrected chi connectivity index (χ1v) is 7.59. The molecule has 1 unspecified atom stereocenters. The van der Waals surface area contributed by atoms with Gasteiger partial charge in [0.15, 0.2) is 0 Å². The molecular weight excluding hydrogens is 260 g/mol. The SMILES string of the molecule is Cc1nn(C)c(CNC(C)CN2CCCCC2)c1Cl. The van der Waals surface area contributed by atoms with Gasteiger partial charge in [0.1, 0.15) is 0 Å². The Morgan fingerprint density at radius 2 is 2.00 bits per heavy atom. The summed E-state index contributed by atoms with van der Waals surface area (Å²) in [6.45, 7) is 8.59. The number of rotatable bonds is 5. The molecule has 0 aliphatic carbocycles. The van der Waals surface area contributed by atoms with Crippen molar-refractivity contribution in [1.29, 1.82) is 0 Å². The lowest BCUT2D eigenvalue weighted by atomic mass is 10.1. The van der Waals surface area contributed by atoms with E-state index in [2.05, 4.69) is 22.2 Å². The topological polar surface area (TPSA) is 33.1 Å². The number of aryl methyl sites for hydroxylation is 2. The molecule has 5 heteroatoms. The van der Waals surface area contributed by atoms with Gasteiger partial charge in [-0.05, 0) is 39.8 Å². The summed E-state index contributed by atoms with van der Waals surface area (Å²) in [6, 6.07) is 0.476. The molecule has 1 aliphatic rings. The quantitative estimate of drug-likeness (QED) is 0.901. The van der Waals surface area contributed by atoms with Crippen LogP contribution in [0.2, 0.25) is 5.02 Å². The zero-order valence-corrected chi connectivity index (χ0v) is 13.0. The average molecular weight is 285 g/mol. The maximum Gasteiger partial charge on any atom is 0.0860 e. The summed E-state index contributed by atoms with van der Waals surface area (Å²) >= 11 is 6.26.